The minimum Gasteiger partial charge on any atom is -0.368 e. The van der Waals surface area contributed by atoms with Gasteiger partial charge in [-0.25, -0.2) is 0 Å². The minimum absolute atomic E-state index is 0.0872. The second-order valence-corrected chi connectivity index (χ2v) is 4.92. The van der Waals surface area contributed by atoms with Crippen LogP contribution in [0.2, 0.25) is 0 Å². The Hall–Kier alpha value is -1.35. The van der Waals surface area contributed by atoms with E-state index in [2.05, 4.69) is 0 Å². The van der Waals surface area contributed by atoms with Crippen molar-refractivity contribution in [3.8, 4) is 0 Å². The number of aryl methyl sites for hydroxylation is 1. The molecular weight excluding hydrogens is 214 g/mol. The van der Waals surface area contributed by atoms with Crippen molar-refractivity contribution in [1.82, 2.24) is 4.90 Å². The van der Waals surface area contributed by atoms with E-state index < -0.39 is 0 Å². The Kier molecular flexibility index (Phi) is 3.20. The summed E-state index contributed by atoms with van der Waals surface area (Å²) in [4.78, 5) is 14.1. The summed E-state index contributed by atoms with van der Waals surface area (Å²) >= 11 is 0. The average molecular weight is 233 g/mol. The molecular formula is C14H19NO2. The van der Waals surface area contributed by atoms with Crippen LogP contribution < -0.4 is 0 Å². The molecule has 0 bridgehead atoms. The molecule has 1 aromatic carbocycles. The van der Waals surface area contributed by atoms with Crippen LogP contribution in [0, 0.1) is 6.92 Å². The fourth-order valence-corrected chi connectivity index (χ4v) is 1.82. The van der Waals surface area contributed by atoms with E-state index in [-0.39, 0.29) is 11.5 Å². The Labute approximate surface area is 102 Å². The van der Waals surface area contributed by atoms with Crippen LogP contribution in [-0.4, -0.2) is 36.1 Å². The lowest BCUT2D eigenvalue weighted by molar-refractivity contribution is 0.0723. The molecule has 0 aliphatic carbocycles. The van der Waals surface area contributed by atoms with Gasteiger partial charge in [0.1, 0.15) is 5.60 Å². The number of epoxide rings is 1. The number of hydrogen-bond donors (Lipinski definition) is 0. The highest BCUT2D eigenvalue weighted by Crippen LogP contribution is 2.27. The van der Waals surface area contributed by atoms with Gasteiger partial charge in [0, 0.05) is 12.1 Å². The van der Waals surface area contributed by atoms with Crippen LogP contribution in [0.5, 0.6) is 0 Å². The summed E-state index contributed by atoms with van der Waals surface area (Å²) in [5.41, 5.74) is 1.81. The maximum Gasteiger partial charge on any atom is 0.253 e. The molecule has 3 heteroatoms. The van der Waals surface area contributed by atoms with Crippen LogP contribution in [0.25, 0.3) is 0 Å². The molecule has 1 aliphatic rings. The van der Waals surface area contributed by atoms with Crippen LogP contribution in [0.1, 0.15) is 29.8 Å². The van der Waals surface area contributed by atoms with Gasteiger partial charge in [-0.15, -0.1) is 0 Å². The largest absolute Gasteiger partial charge is 0.368 e. The summed E-state index contributed by atoms with van der Waals surface area (Å²) < 4.78 is 5.34. The number of benzene rings is 1. The van der Waals surface area contributed by atoms with E-state index in [1.807, 2.05) is 49.9 Å². The van der Waals surface area contributed by atoms with Gasteiger partial charge in [-0.3, -0.25) is 4.79 Å². The van der Waals surface area contributed by atoms with Gasteiger partial charge < -0.3 is 9.64 Å². The second-order valence-electron chi connectivity index (χ2n) is 4.92. The van der Waals surface area contributed by atoms with Gasteiger partial charge in [-0.05, 0) is 32.9 Å². The molecule has 2 rings (SSSR count). The number of likely N-dealkylation sites (N-methyl/N-ethyl adjacent to an activating group) is 1. The first-order chi connectivity index (χ1) is 8.04. The first-order valence-electron chi connectivity index (χ1n) is 6.04. The molecule has 0 saturated carbocycles. The van der Waals surface area contributed by atoms with Crippen LogP contribution in [-0.2, 0) is 4.74 Å². The number of ether oxygens (including phenoxy) is 1. The Balaban J connectivity index is 2.08. The minimum atomic E-state index is -0.115. The zero-order valence-electron chi connectivity index (χ0n) is 10.7. The Morgan fingerprint density at radius 1 is 1.41 bits per heavy atom. The molecule has 0 radical (unpaired) electrons. The summed E-state index contributed by atoms with van der Waals surface area (Å²) in [5.74, 6) is 0.0872. The molecule has 1 heterocycles. The van der Waals surface area contributed by atoms with Crippen LogP contribution in [0.4, 0.5) is 0 Å². The normalized spacial score (nSPS) is 22.3. The van der Waals surface area contributed by atoms with Crippen molar-refractivity contribution in [1.29, 1.82) is 0 Å². The number of amides is 1. The van der Waals surface area contributed by atoms with Crippen molar-refractivity contribution in [2.75, 3.05) is 19.7 Å². The lowest BCUT2D eigenvalue weighted by Gasteiger charge is -2.23. The van der Waals surface area contributed by atoms with Gasteiger partial charge in [-0.2, -0.15) is 0 Å². The highest BCUT2D eigenvalue weighted by molar-refractivity contribution is 5.94. The lowest BCUT2D eigenvalue weighted by Crippen LogP contribution is -2.37. The molecule has 0 N–H and O–H groups in total. The zero-order valence-corrected chi connectivity index (χ0v) is 10.7. The Morgan fingerprint density at radius 2 is 2.00 bits per heavy atom. The fourth-order valence-electron chi connectivity index (χ4n) is 1.82. The number of hydrogen-bond acceptors (Lipinski definition) is 2. The molecule has 1 fully saturated rings. The molecule has 1 aliphatic heterocycles. The SMILES string of the molecule is CCN(CC1(C)CO1)C(=O)c1ccc(C)cc1. The van der Waals surface area contributed by atoms with Gasteiger partial charge in [0.15, 0.2) is 0 Å². The van der Waals surface area contributed by atoms with Crippen molar-refractivity contribution in [2.24, 2.45) is 0 Å². The number of rotatable bonds is 4. The molecule has 1 amide bonds. The summed E-state index contributed by atoms with van der Waals surface area (Å²) in [6, 6.07) is 7.71. The fraction of sp³-hybridized carbons (Fsp3) is 0.500. The lowest BCUT2D eigenvalue weighted by atomic mass is 10.1. The quantitative estimate of drug-likeness (QED) is 0.747. The van der Waals surface area contributed by atoms with Crippen molar-refractivity contribution < 1.29 is 9.53 Å². The van der Waals surface area contributed by atoms with Crippen molar-refractivity contribution >= 4 is 5.91 Å². The molecule has 92 valence electrons. The summed E-state index contributed by atoms with van der Waals surface area (Å²) in [6.45, 7) is 8.20. The highest BCUT2D eigenvalue weighted by atomic mass is 16.6. The highest BCUT2D eigenvalue weighted by Gasteiger charge is 2.41. The van der Waals surface area contributed by atoms with Gasteiger partial charge >= 0.3 is 0 Å². The number of carbonyl (C=O) groups is 1. The van der Waals surface area contributed by atoms with E-state index in [4.69, 9.17) is 4.74 Å². The van der Waals surface area contributed by atoms with E-state index >= 15 is 0 Å². The van der Waals surface area contributed by atoms with Crippen LogP contribution in [0.15, 0.2) is 24.3 Å². The van der Waals surface area contributed by atoms with Gasteiger partial charge in [-0.1, -0.05) is 17.7 Å². The molecule has 1 aromatic rings. The molecule has 17 heavy (non-hydrogen) atoms. The van der Waals surface area contributed by atoms with Gasteiger partial charge in [0.05, 0.1) is 13.2 Å². The van der Waals surface area contributed by atoms with Crippen LogP contribution >= 0.6 is 0 Å². The Bertz CT molecular complexity index is 407. The molecule has 0 spiro atoms. The van der Waals surface area contributed by atoms with Crippen LogP contribution in [0.3, 0.4) is 0 Å². The molecule has 1 unspecified atom stereocenters. The topological polar surface area (TPSA) is 32.8 Å². The first kappa shape index (κ1) is 12.1. The maximum absolute atomic E-state index is 12.3. The molecule has 3 nitrogen and oxygen atoms in total. The maximum atomic E-state index is 12.3. The number of nitrogens with zero attached hydrogens (tertiary/aromatic N) is 1. The smallest absolute Gasteiger partial charge is 0.253 e. The standard InChI is InChI=1S/C14H19NO2/c1-4-15(9-14(3)10-17-14)13(16)12-7-5-11(2)6-8-12/h5-8H,4,9-10H2,1-3H3. The van der Waals surface area contributed by atoms with E-state index in [9.17, 15) is 4.79 Å². The third kappa shape index (κ3) is 2.86. The third-order valence-corrected chi connectivity index (χ3v) is 3.13. The number of carbonyl (C=O) groups excluding carboxylic acids is 1. The average Bonchev–Trinajstić information content (AvgIpc) is 3.05. The summed E-state index contributed by atoms with van der Waals surface area (Å²) in [5, 5.41) is 0. The van der Waals surface area contributed by atoms with E-state index in [1.54, 1.807) is 0 Å². The van der Waals surface area contributed by atoms with E-state index in [0.717, 1.165) is 12.2 Å². The molecule has 1 saturated heterocycles. The predicted octanol–water partition coefficient (Wildman–Crippen LogP) is 2.25. The monoisotopic (exact) mass is 233 g/mol. The van der Waals surface area contributed by atoms with Crippen molar-refractivity contribution in [3.05, 3.63) is 35.4 Å². The summed E-state index contributed by atoms with van der Waals surface area (Å²) in [7, 11) is 0. The third-order valence-electron chi connectivity index (χ3n) is 3.13. The predicted molar refractivity (Wildman–Crippen MR) is 67.1 cm³/mol. The second kappa shape index (κ2) is 4.49. The Morgan fingerprint density at radius 3 is 2.47 bits per heavy atom. The molecule has 1 atom stereocenters. The first-order valence-corrected chi connectivity index (χ1v) is 6.04. The molecule has 0 aromatic heterocycles. The van der Waals surface area contributed by atoms with E-state index in [0.29, 0.717) is 13.1 Å². The van der Waals surface area contributed by atoms with Crippen molar-refractivity contribution in [2.45, 2.75) is 26.4 Å². The van der Waals surface area contributed by atoms with E-state index in [1.165, 1.54) is 5.56 Å². The zero-order chi connectivity index (χ0) is 12.5. The van der Waals surface area contributed by atoms with Gasteiger partial charge in [0.2, 0.25) is 0 Å². The van der Waals surface area contributed by atoms with Gasteiger partial charge in [0.25, 0.3) is 5.91 Å². The van der Waals surface area contributed by atoms with Crippen molar-refractivity contribution in [3.63, 3.8) is 0 Å². The summed E-state index contributed by atoms with van der Waals surface area (Å²) in [6.07, 6.45) is 0.